The normalized spacial score (nSPS) is 16.4. The molecule has 1 saturated heterocycles. The van der Waals surface area contributed by atoms with E-state index in [0.717, 1.165) is 31.7 Å². The Kier molecular flexibility index (Phi) is 3.89. The van der Waals surface area contributed by atoms with Gasteiger partial charge in [-0.1, -0.05) is 12.1 Å². The summed E-state index contributed by atoms with van der Waals surface area (Å²) in [5.41, 5.74) is 4.21. The molecule has 0 aromatic heterocycles. The van der Waals surface area contributed by atoms with E-state index in [1.165, 1.54) is 24.1 Å². The van der Waals surface area contributed by atoms with E-state index in [1.807, 2.05) is 29.2 Å². The van der Waals surface area contributed by atoms with Crippen LogP contribution in [-0.2, 0) is 6.42 Å². The standard InChI is InChI=1S/C20H22N2O2/c1-24-19-7-3-2-6-17(19)20(23)22-13-10-15-14-16(8-9-18(15)22)21-11-4-5-12-21/h2-3,6-9,14H,4-5,10-13H2,1H3. The minimum atomic E-state index is 0.0140. The van der Waals surface area contributed by atoms with Crippen LogP contribution in [-0.4, -0.2) is 32.7 Å². The molecule has 0 saturated carbocycles. The van der Waals surface area contributed by atoms with Crippen LogP contribution in [0.2, 0.25) is 0 Å². The third kappa shape index (κ3) is 2.52. The molecule has 1 fully saturated rings. The summed E-state index contributed by atoms with van der Waals surface area (Å²) in [6, 6.07) is 13.9. The predicted molar refractivity (Wildman–Crippen MR) is 96.3 cm³/mol. The first-order valence-corrected chi connectivity index (χ1v) is 8.60. The summed E-state index contributed by atoms with van der Waals surface area (Å²) in [5, 5.41) is 0. The maximum atomic E-state index is 13.0. The van der Waals surface area contributed by atoms with Gasteiger partial charge >= 0.3 is 0 Å². The molecule has 4 rings (SSSR count). The zero-order valence-corrected chi connectivity index (χ0v) is 14.0. The maximum absolute atomic E-state index is 13.0. The van der Waals surface area contributed by atoms with Crippen LogP contribution < -0.4 is 14.5 Å². The highest BCUT2D eigenvalue weighted by atomic mass is 16.5. The van der Waals surface area contributed by atoms with Crippen LogP contribution in [0, 0.1) is 0 Å². The number of para-hydroxylation sites is 1. The molecule has 124 valence electrons. The minimum absolute atomic E-state index is 0.0140. The van der Waals surface area contributed by atoms with Gasteiger partial charge in [0.1, 0.15) is 5.75 Å². The number of carbonyl (C=O) groups excluding carboxylic acids is 1. The number of rotatable bonds is 3. The second kappa shape index (κ2) is 6.19. The third-order valence-electron chi connectivity index (χ3n) is 5.01. The number of carbonyl (C=O) groups is 1. The Bertz CT molecular complexity index is 766. The largest absolute Gasteiger partial charge is 0.496 e. The number of fused-ring (bicyclic) bond motifs is 1. The van der Waals surface area contributed by atoms with Crippen molar-refractivity contribution >= 4 is 17.3 Å². The molecule has 2 aliphatic rings. The smallest absolute Gasteiger partial charge is 0.262 e. The average molecular weight is 322 g/mol. The van der Waals surface area contributed by atoms with Gasteiger partial charge in [-0.3, -0.25) is 4.79 Å². The highest BCUT2D eigenvalue weighted by Gasteiger charge is 2.28. The minimum Gasteiger partial charge on any atom is -0.496 e. The molecule has 2 aliphatic heterocycles. The fraction of sp³-hybridized carbons (Fsp3) is 0.350. The average Bonchev–Trinajstić information content (AvgIpc) is 3.30. The van der Waals surface area contributed by atoms with Gasteiger partial charge in [0.2, 0.25) is 0 Å². The molecule has 2 aromatic rings. The Morgan fingerprint density at radius 1 is 1.04 bits per heavy atom. The first-order chi connectivity index (χ1) is 11.8. The number of nitrogens with zero attached hydrogens (tertiary/aromatic N) is 2. The van der Waals surface area contributed by atoms with Crippen molar-refractivity contribution in [2.45, 2.75) is 19.3 Å². The lowest BCUT2D eigenvalue weighted by Crippen LogP contribution is -2.29. The maximum Gasteiger partial charge on any atom is 0.262 e. The first-order valence-electron chi connectivity index (χ1n) is 8.60. The summed E-state index contributed by atoms with van der Waals surface area (Å²) in [7, 11) is 1.60. The number of hydrogen-bond donors (Lipinski definition) is 0. The summed E-state index contributed by atoms with van der Waals surface area (Å²) >= 11 is 0. The quantitative estimate of drug-likeness (QED) is 0.867. The molecular weight excluding hydrogens is 300 g/mol. The zero-order valence-electron chi connectivity index (χ0n) is 14.0. The highest BCUT2D eigenvalue weighted by molar-refractivity contribution is 6.09. The Balaban J connectivity index is 1.63. The van der Waals surface area contributed by atoms with E-state index in [4.69, 9.17) is 4.74 Å². The van der Waals surface area contributed by atoms with Crippen molar-refractivity contribution in [3.63, 3.8) is 0 Å². The summed E-state index contributed by atoms with van der Waals surface area (Å²) in [6.07, 6.45) is 3.46. The van der Waals surface area contributed by atoms with Crippen LogP contribution in [0.3, 0.4) is 0 Å². The van der Waals surface area contributed by atoms with Crippen molar-refractivity contribution in [3.05, 3.63) is 53.6 Å². The van der Waals surface area contributed by atoms with Gasteiger partial charge in [0.25, 0.3) is 5.91 Å². The van der Waals surface area contributed by atoms with E-state index in [2.05, 4.69) is 23.1 Å². The number of ether oxygens (including phenoxy) is 1. The zero-order chi connectivity index (χ0) is 16.5. The van der Waals surface area contributed by atoms with E-state index < -0.39 is 0 Å². The van der Waals surface area contributed by atoms with Crippen molar-refractivity contribution in [1.82, 2.24) is 0 Å². The Morgan fingerprint density at radius 2 is 1.83 bits per heavy atom. The van der Waals surface area contributed by atoms with Gasteiger partial charge in [-0.2, -0.15) is 0 Å². The highest BCUT2D eigenvalue weighted by Crippen LogP contribution is 2.34. The molecule has 0 unspecified atom stereocenters. The van der Waals surface area contributed by atoms with Gasteiger partial charge < -0.3 is 14.5 Å². The van der Waals surface area contributed by atoms with Crippen molar-refractivity contribution in [3.8, 4) is 5.75 Å². The molecule has 1 amide bonds. The lowest BCUT2D eigenvalue weighted by atomic mass is 10.1. The predicted octanol–water partition coefficient (Wildman–Crippen LogP) is 3.50. The monoisotopic (exact) mass is 322 g/mol. The number of benzene rings is 2. The molecule has 0 aliphatic carbocycles. The molecular formula is C20H22N2O2. The fourth-order valence-electron chi connectivity index (χ4n) is 3.74. The Morgan fingerprint density at radius 3 is 2.62 bits per heavy atom. The SMILES string of the molecule is COc1ccccc1C(=O)N1CCc2cc(N3CCCC3)ccc21. The van der Waals surface area contributed by atoms with E-state index >= 15 is 0 Å². The number of methoxy groups -OCH3 is 1. The van der Waals surface area contributed by atoms with Crippen LogP contribution in [0.1, 0.15) is 28.8 Å². The van der Waals surface area contributed by atoms with E-state index in [1.54, 1.807) is 7.11 Å². The van der Waals surface area contributed by atoms with Crippen molar-refractivity contribution < 1.29 is 9.53 Å². The van der Waals surface area contributed by atoms with Crippen molar-refractivity contribution in [2.75, 3.05) is 36.5 Å². The Labute approximate surface area is 142 Å². The third-order valence-corrected chi connectivity index (χ3v) is 5.01. The summed E-state index contributed by atoms with van der Waals surface area (Å²) in [5.74, 6) is 0.643. The number of anilines is 2. The van der Waals surface area contributed by atoms with E-state index in [-0.39, 0.29) is 5.91 Å². The summed E-state index contributed by atoms with van der Waals surface area (Å²) in [6.45, 7) is 3.01. The van der Waals surface area contributed by atoms with Crippen LogP contribution in [0.25, 0.3) is 0 Å². The summed E-state index contributed by atoms with van der Waals surface area (Å²) < 4.78 is 5.35. The van der Waals surface area contributed by atoms with Gasteiger partial charge in [-0.15, -0.1) is 0 Å². The molecule has 4 nitrogen and oxygen atoms in total. The molecule has 0 N–H and O–H groups in total. The summed E-state index contributed by atoms with van der Waals surface area (Å²) in [4.78, 5) is 17.3. The second-order valence-electron chi connectivity index (χ2n) is 6.41. The number of hydrogen-bond acceptors (Lipinski definition) is 3. The van der Waals surface area contributed by atoms with Crippen LogP contribution in [0.5, 0.6) is 5.75 Å². The molecule has 0 radical (unpaired) electrons. The van der Waals surface area contributed by atoms with Gasteiger partial charge in [-0.25, -0.2) is 0 Å². The lowest BCUT2D eigenvalue weighted by Gasteiger charge is -2.21. The van der Waals surface area contributed by atoms with E-state index in [9.17, 15) is 4.79 Å². The molecule has 0 spiro atoms. The lowest BCUT2D eigenvalue weighted by molar-refractivity contribution is 0.0986. The van der Waals surface area contributed by atoms with Crippen LogP contribution in [0.15, 0.2) is 42.5 Å². The van der Waals surface area contributed by atoms with E-state index in [0.29, 0.717) is 11.3 Å². The molecule has 2 heterocycles. The number of amides is 1. The molecule has 0 bridgehead atoms. The molecule has 24 heavy (non-hydrogen) atoms. The van der Waals surface area contributed by atoms with Gasteiger partial charge in [0, 0.05) is 31.0 Å². The van der Waals surface area contributed by atoms with Crippen molar-refractivity contribution in [2.24, 2.45) is 0 Å². The Hall–Kier alpha value is -2.49. The topological polar surface area (TPSA) is 32.8 Å². The fourth-order valence-corrected chi connectivity index (χ4v) is 3.74. The van der Waals surface area contributed by atoms with Crippen molar-refractivity contribution in [1.29, 1.82) is 0 Å². The molecule has 2 aromatic carbocycles. The first kappa shape index (κ1) is 15.1. The molecule has 0 atom stereocenters. The van der Waals surface area contributed by atoms with Gasteiger partial charge in [0.05, 0.1) is 12.7 Å². The van der Waals surface area contributed by atoms with Crippen LogP contribution >= 0.6 is 0 Å². The van der Waals surface area contributed by atoms with Crippen LogP contribution in [0.4, 0.5) is 11.4 Å². The van der Waals surface area contributed by atoms with Gasteiger partial charge in [-0.05, 0) is 55.2 Å². The molecule has 4 heteroatoms. The second-order valence-corrected chi connectivity index (χ2v) is 6.41. The van der Waals surface area contributed by atoms with Gasteiger partial charge in [0.15, 0.2) is 0 Å².